The number of carbonyl (C=O) groups excluding carboxylic acids is 1. The molecule has 3 nitrogen and oxygen atoms in total. The largest absolute Gasteiger partial charge is 0.376 e. The minimum absolute atomic E-state index is 0.000368. The summed E-state index contributed by atoms with van der Waals surface area (Å²) in [7, 11) is 0. The summed E-state index contributed by atoms with van der Waals surface area (Å²) in [5, 5.41) is 0. The van der Waals surface area contributed by atoms with E-state index in [1.165, 1.54) is 17.3 Å². The second kappa shape index (κ2) is 6.98. The van der Waals surface area contributed by atoms with Crippen molar-refractivity contribution in [3.8, 4) is 0 Å². The Hall–Kier alpha value is -1.17. The lowest BCUT2D eigenvalue weighted by atomic mass is 9.87. The van der Waals surface area contributed by atoms with E-state index in [9.17, 15) is 4.79 Å². The quantitative estimate of drug-likeness (QED) is 0.591. The zero-order chi connectivity index (χ0) is 17.3. The van der Waals surface area contributed by atoms with E-state index in [0.717, 1.165) is 25.0 Å². The molecule has 0 spiro atoms. The Bertz CT molecular complexity index is 668. The second-order valence-corrected chi connectivity index (χ2v) is 8.98. The van der Waals surface area contributed by atoms with E-state index in [-0.39, 0.29) is 17.4 Å². The van der Waals surface area contributed by atoms with Gasteiger partial charge in [0.25, 0.3) is 5.91 Å². The minimum atomic E-state index is 0.000368. The number of carbonyl (C=O) groups is 1. The summed E-state index contributed by atoms with van der Waals surface area (Å²) in [6.45, 7) is 7.94. The molecule has 24 heavy (non-hydrogen) atoms. The van der Waals surface area contributed by atoms with Crippen LogP contribution in [0, 0.1) is 0 Å². The van der Waals surface area contributed by atoms with Crippen molar-refractivity contribution in [2.24, 2.45) is 0 Å². The van der Waals surface area contributed by atoms with Gasteiger partial charge in [-0.25, -0.2) is 0 Å². The highest BCUT2D eigenvalue weighted by Gasteiger charge is 2.34. The number of thioether (sulfide) groups is 1. The van der Waals surface area contributed by atoms with Gasteiger partial charge in [-0.3, -0.25) is 9.69 Å². The van der Waals surface area contributed by atoms with Crippen molar-refractivity contribution in [1.82, 2.24) is 4.90 Å². The number of benzene rings is 1. The molecule has 1 atom stereocenters. The third kappa shape index (κ3) is 3.90. The van der Waals surface area contributed by atoms with Crippen LogP contribution in [-0.4, -0.2) is 34.4 Å². The summed E-state index contributed by atoms with van der Waals surface area (Å²) >= 11 is 6.77. The summed E-state index contributed by atoms with van der Waals surface area (Å²) in [6.07, 6.45) is 4.12. The normalized spacial score (nSPS) is 23.5. The van der Waals surface area contributed by atoms with E-state index in [1.54, 1.807) is 4.90 Å². The summed E-state index contributed by atoms with van der Waals surface area (Å²) in [4.78, 5) is 15.0. The van der Waals surface area contributed by atoms with Crippen molar-refractivity contribution in [2.45, 2.75) is 45.1 Å². The van der Waals surface area contributed by atoms with Gasteiger partial charge in [0, 0.05) is 6.61 Å². The molecule has 5 heteroatoms. The molecule has 2 heterocycles. The van der Waals surface area contributed by atoms with Crippen molar-refractivity contribution in [3.63, 3.8) is 0 Å². The first kappa shape index (κ1) is 17.6. The first-order chi connectivity index (χ1) is 11.3. The van der Waals surface area contributed by atoms with Crippen molar-refractivity contribution < 1.29 is 9.53 Å². The Morgan fingerprint density at radius 1 is 1.33 bits per heavy atom. The molecule has 2 saturated heterocycles. The number of amides is 1. The van der Waals surface area contributed by atoms with Crippen LogP contribution in [0.1, 0.15) is 44.7 Å². The van der Waals surface area contributed by atoms with Crippen LogP contribution in [0.2, 0.25) is 0 Å². The van der Waals surface area contributed by atoms with Gasteiger partial charge in [-0.15, -0.1) is 0 Å². The van der Waals surface area contributed by atoms with Gasteiger partial charge in [0.2, 0.25) is 0 Å². The van der Waals surface area contributed by atoms with Crippen LogP contribution >= 0.6 is 24.0 Å². The van der Waals surface area contributed by atoms with Gasteiger partial charge in [0.1, 0.15) is 4.32 Å². The Kier molecular flexibility index (Phi) is 5.13. The summed E-state index contributed by atoms with van der Waals surface area (Å²) in [6, 6.07) is 8.37. The topological polar surface area (TPSA) is 29.5 Å². The lowest BCUT2D eigenvalue weighted by molar-refractivity contribution is -0.123. The van der Waals surface area contributed by atoms with E-state index < -0.39 is 0 Å². The van der Waals surface area contributed by atoms with Gasteiger partial charge in [-0.2, -0.15) is 0 Å². The second-order valence-electron chi connectivity index (χ2n) is 7.30. The molecule has 0 bridgehead atoms. The minimum Gasteiger partial charge on any atom is -0.376 e. The van der Waals surface area contributed by atoms with Gasteiger partial charge in [0.15, 0.2) is 0 Å². The van der Waals surface area contributed by atoms with Crippen molar-refractivity contribution in [1.29, 1.82) is 0 Å². The molecule has 1 aromatic rings. The Labute approximate surface area is 153 Å². The van der Waals surface area contributed by atoms with Crippen molar-refractivity contribution in [3.05, 3.63) is 40.3 Å². The maximum atomic E-state index is 12.6. The zero-order valence-electron chi connectivity index (χ0n) is 14.4. The number of rotatable bonds is 3. The predicted molar refractivity (Wildman–Crippen MR) is 104 cm³/mol. The predicted octanol–water partition coefficient (Wildman–Crippen LogP) is 4.36. The molecule has 0 aliphatic carbocycles. The molecule has 0 N–H and O–H groups in total. The summed E-state index contributed by atoms with van der Waals surface area (Å²) < 4.78 is 6.26. The molecule has 3 rings (SSSR count). The lowest BCUT2D eigenvalue weighted by Gasteiger charge is -2.19. The van der Waals surface area contributed by atoms with Crippen LogP contribution in [0.4, 0.5) is 0 Å². The van der Waals surface area contributed by atoms with Crippen LogP contribution in [0.25, 0.3) is 6.08 Å². The number of thiocarbonyl (C=S) groups is 1. The average Bonchev–Trinajstić information content (AvgIpc) is 3.12. The summed E-state index contributed by atoms with van der Waals surface area (Å²) in [5.41, 5.74) is 2.44. The molecule has 2 aliphatic rings. The molecule has 0 radical (unpaired) electrons. The van der Waals surface area contributed by atoms with Crippen LogP contribution in [-0.2, 0) is 14.9 Å². The smallest absolute Gasteiger partial charge is 0.266 e. The number of hydrogen-bond acceptors (Lipinski definition) is 4. The fourth-order valence-electron chi connectivity index (χ4n) is 2.88. The molecule has 0 saturated carbocycles. The van der Waals surface area contributed by atoms with Crippen molar-refractivity contribution >= 4 is 40.3 Å². The molecule has 2 aliphatic heterocycles. The standard InChI is InChI=1S/C19H23NO2S2/c1-19(2,3)14-8-6-13(7-9-14)11-16-17(21)20(18(23)24-16)12-15-5-4-10-22-15/h6-9,11,15H,4-5,10,12H2,1-3H3. The Balaban J connectivity index is 1.73. The van der Waals surface area contributed by atoms with E-state index >= 15 is 0 Å². The highest BCUT2D eigenvalue weighted by atomic mass is 32.2. The summed E-state index contributed by atoms with van der Waals surface area (Å²) in [5.74, 6) is 0.000368. The van der Waals surface area contributed by atoms with Gasteiger partial charge in [-0.05, 0) is 35.5 Å². The van der Waals surface area contributed by atoms with Gasteiger partial charge < -0.3 is 4.74 Å². The monoisotopic (exact) mass is 361 g/mol. The lowest BCUT2D eigenvalue weighted by Crippen LogP contribution is -2.35. The number of hydrogen-bond donors (Lipinski definition) is 0. The highest BCUT2D eigenvalue weighted by molar-refractivity contribution is 8.26. The van der Waals surface area contributed by atoms with Gasteiger partial charge in [-0.1, -0.05) is 69.0 Å². The maximum absolute atomic E-state index is 12.6. The molecule has 0 aromatic heterocycles. The van der Waals surface area contributed by atoms with E-state index in [0.29, 0.717) is 15.8 Å². The fourth-order valence-corrected chi connectivity index (χ4v) is 4.16. The first-order valence-electron chi connectivity index (χ1n) is 8.32. The van der Waals surface area contributed by atoms with E-state index in [1.807, 2.05) is 6.08 Å². The van der Waals surface area contributed by atoms with Crippen LogP contribution in [0.3, 0.4) is 0 Å². The third-order valence-corrected chi connectivity index (χ3v) is 5.74. The van der Waals surface area contributed by atoms with Crippen LogP contribution in [0.5, 0.6) is 0 Å². The highest BCUT2D eigenvalue weighted by Crippen LogP contribution is 2.33. The number of nitrogens with zero attached hydrogens (tertiary/aromatic N) is 1. The molecule has 128 valence electrons. The molecular formula is C19H23NO2S2. The maximum Gasteiger partial charge on any atom is 0.266 e. The van der Waals surface area contributed by atoms with Crippen LogP contribution in [0.15, 0.2) is 29.2 Å². The average molecular weight is 362 g/mol. The third-order valence-electron chi connectivity index (χ3n) is 4.36. The van der Waals surface area contributed by atoms with Crippen LogP contribution < -0.4 is 0 Å². The van der Waals surface area contributed by atoms with E-state index in [4.69, 9.17) is 17.0 Å². The van der Waals surface area contributed by atoms with E-state index in [2.05, 4.69) is 45.0 Å². The molecule has 2 fully saturated rings. The van der Waals surface area contributed by atoms with Gasteiger partial charge >= 0.3 is 0 Å². The Morgan fingerprint density at radius 2 is 2.04 bits per heavy atom. The molecular weight excluding hydrogens is 338 g/mol. The SMILES string of the molecule is CC(C)(C)c1ccc(C=C2SC(=S)N(CC3CCCO3)C2=O)cc1. The van der Waals surface area contributed by atoms with Gasteiger partial charge in [0.05, 0.1) is 17.6 Å². The van der Waals surface area contributed by atoms with Crippen molar-refractivity contribution in [2.75, 3.05) is 13.2 Å². The molecule has 1 amide bonds. The molecule has 1 unspecified atom stereocenters. The Morgan fingerprint density at radius 3 is 2.62 bits per heavy atom. The number of ether oxygens (including phenoxy) is 1. The molecule has 1 aromatic carbocycles. The zero-order valence-corrected chi connectivity index (χ0v) is 16.0. The first-order valence-corrected chi connectivity index (χ1v) is 9.54. The fraction of sp³-hybridized carbons (Fsp3) is 0.474.